The molecule has 1 aromatic rings. The van der Waals surface area contributed by atoms with Gasteiger partial charge < -0.3 is 9.47 Å². The summed E-state index contributed by atoms with van der Waals surface area (Å²) in [6.45, 7) is 11.5. The van der Waals surface area contributed by atoms with Crippen molar-refractivity contribution in [2.75, 3.05) is 6.61 Å². The molecule has 1 fully saturated rings. The van der Waals surface area contributed by atoms with Gasteiger partial charge in [0.1, 0.15) is 12.4 Å². The minimum Gasteiger partial charge on any atom is -0.342 e. The highest BCUT2D eigenvalue weighted by molar-refractivity contribution is 4.81. The fourth-order valence-corrected chi connectivity index (χ4v) is 4.59. The number of rotatable bonds is 15. The molecular weight excluding hydrogens is 360 g/mol. The largest absolute Gasteiger partial charge is 0.342 e. The second-order valence-corrected chi connectivity index (χ2v) is 9.61. The Bertz CT molecular complexity index is 529. The van der Waals surface area contributed by atoms with E-state index in [1.165, 1.54) is 70.6 Å². The highest BCUT2D eigenvalue weighted by Crippen LogP contribution is 2.35. The first-order valence-corrected chi connectivity index (χ1v) is 12.3. The van der Waals surface area contributed by atoms with Gasteiger partial charge in [-0.1, -0.05) is 79.1 Å². The van der Waals surface area contributed by atoms with E-state index in [0.29, 0.717) is 31.4 Å². The van der Waals surface area contributed by atoms with E-state index in [2.05, 4.69) is 55.6 Å². The van der Waals surface area contributed by atoms with Crippen LogP contribution in [0.4, 0.5) is 0 Å². The van der Waals surface area contributed by atoms with Crippen molar-refractivity contribution >= 4 is 0 Å². The third-order valence-electron chi connectivity index (χ3n) is 6.53. The molecule has 168 valence electrons. The summed E-state index contributed by atoms with van der Waals surface area (Å²) in [5.41, 5.74) is 0. The lowest BCUT2D eigenvalue weighted by Gasteiger charge is -2.36. The van der Waals surface area contributed by atoms with Gasteiger partial charge in [-0.05, 0) is 37.0 Å². The third-order valence-corrected chi connectivity index (χ3v) is 6.53. The summed E-state index contributed by atoms with van der Waals surface area (Å²) in [6, 6.07) is 0. The van der Waals surface area contributed by atoms with Gasteiger partial charge in [-0.3, -0.25) is 0 Å². The molecule has 0 unspecified atom stereocenters. The predicted molar refractivity (Wildman–Crippen MR) is 119 cm³/mol. The standard InChI is InChI=1S/C25H47N2O2/c1-5-6-7-8-9-10-11-12-17-28-20-26-15-16-27(19-26)21-29-25-18-23(4)13-14-24(25)22(2)3/h15-16,19,22-25H,5-14,17-18,20-21H2,1-4H3/q+1/t23-,24+,25-/m1/s1. The number of hydrogen-bond donors (Lipinski definition) is 0. The summed E-state index contributed by atoms with van der Waals surface area (Å²) in [6.07, 6.45) is 21.3. The fourth-order valence-electron chi connectivity index (χ4n) is 4.59. The number of imidazole rings is 1. The minimum atomic E-state index is 0.396. The Morgan fingerprint density at radius 3 is 2.48 bits per heavy atom. The van der Waals surface area contributed by atoms with Crippen molar-refractivity contribution in [1.82, 2.24) is 4.57 Å². The van der Waals surface area contributed by atoms with Crippen molar-refractivity contribution in [3.63, 3.8) is 0 Å². The average Bonchev–Trinajstić information content (AvgIpc) is 3.15. The normalized spacial score (nSPS) is 22.4. The van der Waals surface area contributed by atoms with Crippen molar-refractivity contribution in [2.45, 2.75) is 118 Å². The Morgan fingerprint density at radius 2 is 1.76 bits per heavy atom. The van der Waals surface area contributed by atoms with E-state index < -0.39 is 0 Å². The Morgan fingerprint density at radius 1 is 1.03 bits per heavy atom. The number of hydrogen-bond acceptors (Lipinski definition) is 2. The third kappa shape index (κ3) is 9.65. The molecule has 3 atom stereocenters. The van der Waals surface area contributed by atoms with Crippen molar-refractivity contribution in [1.29, 1.82) is 0 Å². The van der Waals surface area contributed by atoms with Crippen LogP contribution in [-0.4, -0.2) is 17.3 Å². The molecule has 0 spiro atoms. The van der Waals surface area contributed by atoms with Crippen molar-refractivity contribution in [3.8, 4) is 0 Å². The van der Waals surface area contributed by atoms with Crippen LogP contribution in [0.3, 0.4) is 0 Å². The molecule has 0 amide bonds. The Labute approximate surface area is 180 Å². The van der Waals surface area contributed by atoms with Gasteiger partial charge in [0.05, 0.1) is 12.7 Å². The molecule has 29 heavy (non-hydrogen) atoms. The molecule has 1 aliphatic rings. The van der Waals surface area contributed by atoms with E-state index in [1.54, 1.807) is 0 Å². The molecule has 0 bridgehead atoms. The number of aromatic nitrogens is 2. The van der Waals surface area contributed by atoms with Gasteiger partial charge in [-0.15, -0.1) is 0 Å². The lowest BCUT2D eigenvalue weighted by atomic mass is 9.75. The Balaban J connectivity index is 1.57. The summed E-state index contributed by atoms with van der Waals surface area (Å²) < 4.78 is 16.4. The smallest absolute Gasteiger partial charge is 0.247 e. The highest BCUT2D eigenvalue weighted by atomic mass is 16.5. The zero-order valence-corrected chi connectivity index (χ0v) is 19.7. The molecule has 0 N–H and O–H groups in total. The maximum Gasteiger partial charge on any atom is 0.247 e. The molecule has 4 nitrogen and oxygen atoms in total. The quantitative estimate of drug-likeness (QED) is 0.251. The SMILES string of the molecule is CCCCCCCCCCOC[n+]1ccn(CO[C@@H]2C[C@H](C)CC[C@H]2C(C)C)c1. The van der Waals surface area contributed by atoms with Crippen molar-refractivity contribution in [2.24, 2.45) is 17.8 Å². The first-order valence-electron chi connectivity index (χ1n) is 12.3. The van der Waals surface area contributed by atoms with Crippen LogP contribution in [0.25, 0.3) is 0 Å². The van der Waals surface area contributed by atoms with Gasteiger partial charge in [0.15, 0.2) is 13.5 Å². The molecule has 1 heterocycles. The summed E-state index contributed by atoms with van der Waals surface area (Å²) in [5.74, 6) is 2.19. The minimum absolute atomic E-state index is 0.396. The molecule has 4 heteroatoms. The molecule has 0 saturated heterocycles. The maximum absolute atomic E-state index is 6.34. The topological polar surface area (TPSA) is 27.3 Å². The van der Waals surface area contributed by atoms with Crippen LogP contribution in [0.1, 0.15) is 98.3 Å². The highest BCUT2D eigenvalue weighted by Gasteiger charge is 2.31. The lowest BCUT2D eigenvalue weighted by molar-refractivity contribution is -0.732. The van der Waals surface area contributed by atoms with Gasteiger partial charge in [0.25, 0.3) is 0 Å². The summed E-state index contributed by atoms with van der Waals surface area (Å²) in [5, 5.41) is 0. The van der Waals surface area contributed by atoms with Gasteiger partial charge >= 0.3 is 0 Å². The van der Waals surface area contributed by atoms with E-state index in [1.807, 2.05) is 0 Å². The van der Waals surface area contributed by atoms with E-state index in [-0.39, 0.29) is 0 Å². The summed E-state index contributed by atoms with van der Waals surface area (Å²) in [4.78, 5) is 0. The van der Waals surface area contributed by atoms with E-state index >= 15 is 0 Å². The number of ether oxygens (including phenoxy) is 2. The molecule has 1 saturated carbocycles. The zero-order chi connectivity index (χ0) is 20.9. The first-order chi connectivity index (χ1) is 14.1. The van der Waals surface area contributed by atoms with Crippen LogP contribution in [0.15, 0.2) is 18.7 Å². The van der Waals surface area contributed by atoms with Crippen LogP contribution in [-0.2, 0) is 22.9 Å². The molecule has 0 aromatic carbocycles. The second kappa shape index (κ2) is 14.2. The Hall–Kier alpha value is -0.870. The molecule has 0 aliphatic heterocycles. The monoisotopic (exact) mass is 407 g/mol. The van der Waals surface area contributed by atoms with Gasteiger partial charge in [0, 0.05) is 0 Å². The zero-order valence-electron chi connectivity index (χ0n) is 19.7. The van der Waals surface area contributed by atoms with Crippen molar-refractivity contribution < 1.29 is 14.0 Å². The molecule has 1 aliphatic carbocycles. The van der Waals surface area contributed by atoms with Crippen LogP contribution in [0, 0.1) is 17.8 Å². The second-order valence-electron chi connectivity index (χ2n) is 9.61. The molecule has 2 rings (SSSR count). The van der Waals surface area contributed by atoms with Gasteiger partial charge in [-0.2, -0.15) is 0 Å². The lowest BCUT2D eigenvalue weighted by Crippen LogP contribution is -2.35. The van der Waals surface area contributed by atoms with Crippen LogP contribution in [0.5, 0.6) is 0 Å². The van der Waals surface area contributed by atoms with E-state index in [9.17, 15) is 0 Å². The number of nitrogens with zero attached hydrogens (tertiary/aromatic N) is 2. The number of unbranched alkanes of at least 4 members (excludes halogenated alkanes) is 7. The van der Waals surface area contributed by atoms with E-state index in [4.69, 9.17) is 9.47 Å². The molecule has 1 aromatic heterocycles. The summed E-state index contributed by atoms with van der Waals surface area (Å²) in [7, 11) is 0. The Kier molecular flexibility index (Phi) is 11.9. The van der Waals surface area contributed by atoms with Crippen LogP contribution < -0.4 is 4.57 Å². The predicted octanol–water partition coefficient (Wildman–Crippen LogP) is 6.33. The van der Waals surface area contributed by atoms with Gasteiger partial charge in [-0.25, -0.2) is 9.13 Å². The van der Waals surface area contributed by atoms with E-state index in [0.717, 1.165) is 12.5 Å². The molecule has 0 radical (unpaired) electrons. The molecular formula is C25H47N2O2+. The maximum atomic E-state index is 6.34. The van der Waals surface area contributed by atoms with Gasteiger partial charge in [0.2, 0.25) is 6.33 Å². The fraction of sp³-hybridized carbons (Fsp3) is 0.880. The first kappa shape index (κ1) is 24.4. The van der Waals surface area contributed by atoms with Crippen LogP contribution in [0.2, 0.25) is 0 Å². The van der Waals surface area contributed by atoms with Crippen LogP contribution >= 0.6 is 0 Å². The summed E-state index contributed by atoms with van der Waals surface area (Å²) >= 11 is 0. The average molecular weight is 408 g/mol. The van der Waals surface area contributed by atoms with Crippen molar-refractivity contribution in [3.05, 3.63) is 18.7 Å².